The normalized spacial score (nSPS) is 11.9. The summed E-state index contributed by atoms with van der Waals surface area (Å²) in [5.74, 6) is 1.49. The van der Waals surface area contributed by atoms with Crippen LogP contribution in [0.25, 0.3) is 0 Å². The molecule has 4 heteroatoms. The minimum Gasteiger partial charge on any atom is -0.506 e. The molecule has 0 saturated heterocycles. The van der Waals surface area contributed by atoms with Crippen LogP contribution in [0, 0.1) is 11.8 Å². The van der Waals surface area contributed by atoms with Gasteiger partial charge in [-0.1, -0.05) is 50.9 Å². The molecule has 0 heterocycles. The molecule has 0 aromatic heterocycles. The molecular formula is C17H27Cl2NO. The highest BCUT2D eigenvalue weighted by atomic mass is 35.5. The smallest absolute Gasteiger partial charge is 0.138 e. The van der Waals surface area contributed by atoms with Crippen LogP contribution in [0.1, 0.15) is 46.1 Å². The Balaban J connectivity index is 2.79. The topological polar surface area (TPSA) is 23.5 Å². The van der Waals surface area contributed by atoms with Gasteiger partial charge in [0.1, 0.15) is 5.75 Å². The first-order valence-corrected chi connectivity index (χ1v) is 8.44. The lowest BCUT2D eigenvalue weighted by Gasteiger charge is -2.25. The fourth-order valence-corrected chi connectivity index (χ4v) is 2.67. The Morgan fingerprint density at radius 2 is 1.52 bits per heavy atom. The molecule has 0 spiro atoms. The third kappa shape index (κ3) is 6.90. The Kier molecular flexibility index (Phi) is 7.86. The van der Waals surface area contributed by atoms with E-state index in [1.807, 2.05) is 0 Å². The molecule has 0 saturated carbocycles. The molecule has 120 valence electrons. The number of hydrogen-bond acceptors (Lipinski definition) is 2. The van der Waals surface area contributed by atoms with Crippen molar-refractivity contribution < 1.29 is 5.11 Å². The van der Waals surface area contributed by atoms with Gasteiger partial charge in [0.2, 0.25) is 0 Å². The predicted octanol–water partition coefficient (Wildman–Crippen LogP) is 5.59. The first-order valence-electron chi connectivity index (χ1n) is 7.68. The van der Waals surface area contributed by atoms with Crippen molar-refractivity contribution in [2.75, 3.05) is 13.1 Å². The van der Waals surface area contributed by atoms with Crippen LogP contribution >= 0.6 is 23.2 Å². The third-order valence-corrected chi connectivity index (χ3v) is 4.05. The summed E-state index contributed by atoms with van der Waals surface area (Å²) < 4.78 is 0. The second-order valence-corrected chi connectivity index (χ2v) is 7.38. The van der Waals surface area contributed by atoms with E-state index < -0.39 is 0 Å². The summed E-state index contributed by atoms with van der Waals surface area (Å²) in [6, 6.07) is 3.38. The van der Waals surface area contributed by atoms with Crippen molar-refractivity contribution >= 4 is 23.2 Å². The maximum absolute atomic E-state index is 10.1. The minimum absolute atomic E-state index is 0.153. The molecule has 1 aromatic rings. The molecule has 0 aliphatic carbocycles. The fourth-order valence-electron chi connectivity index (χ4n) is 2.13. The highest BCUT2D eigenvalue weighted by Gasteiger charge is 2.13. The minimum atomic E-state index is 0.153. The number of halogens is 2. The molecule has 0 aliphatic heterocycles. The van der Waals surface area contributed by atoms with E-state index in [0.29, 0.717) is 28.4 Å². The van der Waals surface area contributed by atoms with Crippen molar-refractivity contribution in [3.05, 3.63) is 27.7 Å². The van der Waals surface area contributed by atoms with E-state index in [4.69, 9.17) is 23.2 Å². The molecule has 0 fully saturated rings. The summed E-state index contributed by atoms with van der Waals surface area (Å²) in [5, 5.41) is 11.0. The molecule has 0 unspecified atom stereocenters. The van der Waals surface area contributed by atoms with Crippen LogP contribution in [0.15, 0.2) is 12.1 Å². The Labute approximate surface area is 139 Å². The summed E-state index contributed by atoms with van der Waals surface area (Å²) in [6.45, 7) is 11.7. The van der Waals surface area contributed by atoms with E-state index >= 15 is 0 Å². The summed E-state index contributed by atoms with van der Waals surface area (Å²) in [5.41, 5.74) is 0.806. The standard InChI is InChI=1S/C17H27Cl2NO/c1-12(2)5-7-20(8-6-13(3)4)11-14-9-15(18)10-16(19)17(14)21/h9-10,12-13,21H,5-8,11H2,1-4H3. The number of nitrogens with zero attached hydrogens (tertiary/aromatic N) is 1. The highest BCUT2D eigenvalue weighted by molar-refractivity contribution is 6.35. The van der Waals surface area contributed by atoms with Crippen molar-refractivity contribution in [1.29, 1.82) is 0 Å². The van der Waals surface area contributed by atoms with Gasteiger partial charge < -0.3 is 5.11 Å². The molecule has 0 atom stereocenters. The molecule has 0 bridgehead atoms. The number of aromatic hydroxyl groups is 1. The van der Waals surface area contributed by atoms with Crippen LogP contribution in [-0.2, 0) is 6.54 Å². The van der Waals surface area contributed by atoms with Crippen LogP contribution in [-0.4, -0.2) is 23.1 Å². The zero-order valence-electron chi connectivity index (χ0n) is 13.5. The lowest BCUT2D eigenvalue weighted by Crippen LogP contribution is -2.27. The van der Waals surface area contributed by atoms with Gasteiger partial charge in [-0.2, -0.15) is 0 Å². The van der Waals surface area contributed by atoms with Crippen molar-refractivity contribution in [2.24, 2.45) is 11.8 Å². The highest BCUT2D eigenvalue weighted by Crippen LogP contribution is 2.32. The molecular weight excluding hydrogens is 305 g/mol. The van der Waals surface area contributed by atoms with Gasteiger partial charge in [-0.15, -0.1) is 0 Å². The average Bonchev–Trinajstić information content (AvgIpc) is 2.37. The van der Waals surface area contributed by atoms with Crippen molar-refractivity contribution in [2.45, 2.75) is 47.1 Å². The summed E-state index contributed by atoms with van der Waals surface area (Å²) in [7, 11) is 0. The molecule has 2 nitrogen and oxygen atoms in total. The van der Waals surface area contributed by atoms with Crippen LogP contribution < -0.4 is 0 Å². The van der Waals surface area contributed by atoms with Gasteiger partial charge in [-0.25, -0.2) is 0 Å². The molecule has 1 aromatic carbocycles. The van der Waals surface area contributed by atoms with Crippen molar-refractivity contribution in [1.82, 2.24) is 4.90 Å². The lowest BCUT2D eigenvalue weighted by molar-refractivity contribution is 0.233. The van der Waals surface area contributed by atoms with Crippen molar-refractivity contribution in [3.63, 3.8) is 0 Å². The lowest BCUT2D eigenvalue weighted by atomic mass is 10.1. The predicted molar refractivity (Wildman–Crippen MR) is 92.3 cm³/mol. The number of benzene rings is 1. The van der Waals surface area contributed by atoms with Crippen LogP contribution in [0.4, 0.5) is 0 Å². The maximum Gasteiger partial charge on any atom is 0.138 e. The number of hydrogen-bond donors (Lipinski definition) is 1. The molecule has 0 aliphatic rings. The molecule has 1 rings (SSSR count). The van der Waals surface area contributed by atoms with Gasteiger partial charge in [0.05, 0.1) is 5.02 Å². The number of rotatable bonds is 8. The van der Waals surface area contributed by atoms with Gasteiger partial charge in [0.15, 0.2) is 0 Å². The van der Waals surface area contributed by atoms with Gasteiger partial charge in [0.25, 0.3) is 0 Å². The largest absolute Gasteiger partial charge is 0.506 e. The van der Waals surface area contributed by atoms with Gasteiger partial charge in [-0.3, -0.25) is 4.90 Å². The Bertz CT molecular complexity index is 435. The molecule has 0 radical (unpaired) electrons. The molecule has 0 amide bonds. The summed E-state index contributed by atoms with van der Waals surface area (Å²) in [4.78, 5) is 2.38. The van der Waals surface area contributed by atoms with Crippen LogP contribution in [0.2, 0.25) is 10.0 Å². The van der Waals surface area contributed by atoms with E-state index in [1.165, 1.54) is 0 Å². The number of phenolic OH excluding ortho intramolecular Hbond substituents is 1. The zero-order chi connectivity index (χ0) is 16.0. The van der Waals surface area contributed by atoms with E-state index in [9.17, 15) is 5.11 Å². The van der Waals surface area contributed by atoms with Crippen LogP contribution in [0.3, 0.4) is 0 Å². The van der Waals surface area contributed by atoms with E-state index in [2.05, 4.69) is 32.6 Å². The van der Waals surface area contributed by atoms with Crippen LogP contribution in [0.5, 0.6) is 5.75 Å². The second kappa shape index (κ2) is 8.87. The Morgan fingerprint density at radius 1 is 1.00 bits per heavy atom. The molecule has 1 N–H and O–H groups in total. The number of phenols is 1. The van der Waals surface area contributed by atoms with E-state index in [-0.39, 0.29) is 5.75 Å². The molecule has 21 heavy (non-hydrogen) atoms. The monoisotopic (exact) mass is 331 g/mol. The second-order valence-electron chi connectivity index (χ2n) is 6.54. The zero-order valence-corrected chi connectivity index (χ0v) is 15.0. The SMILES string of the molecule is CC(C)CCN(CCC(C)C)Cc1cc(Cl)cc(Cl)c1O. The summed E-state index contributed by atoms with van der Waals surface area (Å²) in [6.07, 6.45) is 2.29. The fraction of sp³-hybridized carbons (Fsp3) is 0.647. The Hall–Kier alpha value is -0.440. The quantitative estimate of drug-likeness (QED) is 0.670. The van der Waals surface area contributed by atoms with Crippen molar-refractivity contribution in [3.8, 4) is 5.75 Å². The third-order valence-electron chi connectivity index (χ3n) is 3.55. The van der Waals surface area contributed by atoms with Gasteiger partial charge in [0, 0.05) is 17.1 Å². The van der Waals surface area contributed by atoms with Gasteiger partial charge >= 0.3 is 0 Å². The first-order chi connectivity index (χ1) is 9.79. The van der Waals surface area contributed by atoms with E-state index in [0.717, 1.165) is 31.5 Å². The van der Waals surface area contributed by atoms with E-state index in [1.54, 1.807) is 12.1 Å². The first kappa shape index (κ1) is 18.6. The summed E-state index contributed by atoms with van der Waals surface area (Å²) >= 11 is 12.1. The Morgan fingerprint density at radius 3 is 2.00 bits per heavy atom. The van der Waals surface area contributed by atoms with Gasteiger partial charge in [-0.05, 0) is 49.9 Å². The maximum atomic E-state index is 10.1. The average molecular weight is 332 g/mol.